The van der Waals surface area contributed by atoms with E-state index in [-0.39, 0.29) is 15.3 Å². The van der Waals surface area contributed by atoms with E-state index in [1.165, 1.54) is 15.8 Å². The number of hydrogen-bond acceptors (Lipinski definition) is 4. The molecule has 1 aromatic carbocycles. The van der Waals surface area contributed by atoms with Crippen molar-refractivity contribution in [3.8, 4) is 0 Å². The number of hydrogen-bond donors (Lipinski definition) is 1. The highest BCUT2D eigenvalue weighted by Gasteiger charge is 2.34. The van der Waals surface area contributed by atoms with Crippen molar-refractivity contribution >= 4 is 27.3 Å². The van der Waals surface area contributed by atoms with Gasteiger partial charge in [-0.2, -0.15) is 17.5 Å². The average molecular weight is 436 g/mol. The summed E-state index contributed by atoms with van der Waals surface area (Å²) >= 11 is 0.891. The fourth-order valence-corrected chi connectivity index (χ4v) is 5.79. The third kappa shape index (κ3) is 4.20. The molecule has 11 heteroatoms. The first-order valence-corrected chi connectivity index (χ1v) is 10.6. The first-order chi connectivity index (χ1) is 13.1. The van der Waals surface area contributed by atoms with Gasteiger partial charge in [-0.15, -0.1) is 11.3 Å². The second kappa shape index (κ2) is 7.80. The molecule has 3 rings (SSSR count). The Balaban J connectivity index is 1.80. The molecule has 1 fully saturated rings. The van der Waals surface area contributed by atoms with Gasteiger partial charge in [0, 0.05) is 19.6 Å². The molecule has 0 radical (unpaired) electrons. The third-order valence-electron chi connectivity index (χ3n) is 4.33. The molecule has 1 aliphatic rings. The molecular weight excluding hydrogens is 420 g/mol. The van der Waals surface area contributed by atoms with Gasteiger partial charge in [-0.25, -0.2) is 12.8 Å². The van der Waals surface area contributed by atoms with Crippen LogP contribution in [0.2, 0.25) is 0 Å². The van der Waals surface area contributed by atoms with Gasteiger partial charge in [-0.1, -0.05) is 6.07 Å². The lowest BCUT2D eigenvalue weighted by atomic mass is 10.1. The first-order valence-electron chi connectivity index (χ1n) is 8.32. The summed E-state index contributed by atoms with van der Waals surface area (Å²) < 4.78 is 79.0. The monoisotopic (exact) mass is 436 g/mol. The molecule has 1 saturated heterocycles. The van der Waals surface area contributed by atoms with E-state index in [1.54, 1.807) is 0 Å². The minimum Gasteiger partial charge on any atom is -0.347 e. The summed E-state index contributed by atoms with van der Waals surface area (Å²) in [6.07, 6.45) is -3.32. The SMILES string of the molecule is O=C(NCc1ccc(F)cc1C(F)(F)F)c1sccc1S(=O)(=O)N1CCCC1. The molecule has 0 aliphatic carbocycles. The van der Waals surface area contributed by atoms with E-state index in [9.17, 15) is 30.8 Å². The molecular formula is C17H16F4N2O3S2. The van der Waals surface area contributed by atoms with E-state index >= 15 is 0 Å². The van der Waals surface area contributed by atoms with Crippen molar-refractivity contribution in [3.63, 3.8) is 0 Å². The van der Waals surface area contributed by atoms with Crippen LogP contribution in [-0.4, -0.2) is 31.7 Å². The number of thiophene rings is 1. The van der Waals surface area contributed by atoms with E-state index in [2.05, 4.69) is 5.32 Å². The molecule has 2 aromatic rings. The number of benzene rings is 1. The highest BCUT2D eigenvalue weighted by atomic mass is 32.2. The summed E-state index contributed by atoms with van der Waals surface area (Å²) in [4.78, 5) is 12.2. The maximum atomic E-state index is 13.2. The number of carbonyl (C=O) groups excluding carboxylic acids is 1. The van der Waals surface area contributed by atoms with Gasteiger partial charge in [0.25, 0.3) is 5.91 Å². The molecule has 0 unspecified atom stereocenters. The average Bonchev–Trinajstić information content (AvgIpc) is 3.31. The van der Waals surface area contributed by atoms with Gasteiger partial charge < -0.3 is 5.32 Å². The van der Waals surface area contributed by atoms with Gasteiger partial charge in [-0.3, -0.25) is 4.79 Å². The lowest BCUT2D eigenvalue weighted by Crippen LogP contribution is -2.30. The smallest absolute Gasteiger partial charge is 0.347 e. The summed E-state index contributed by atoms with van der Waals surface area (Å²) in [6.45, 7) is 0.211. The number of sulfonamides is 1. The standard InChI is InChI=1S/C17H16F4N2O3S2/c18-12-4-3-11(13(9-12)17(19,20)21)10-22-16(24)15-14(5-8-27-15)28(25,26)23-6-1-2-7-23/h3-5,8-9H,1-2,6-7,10H2,(H,22,24). The molecule has 152 valence electrons. The number of halogens is 4. The van der Waals surface area contributed by atoms with Crippen molar-refractivity contribution in [3.05, 3.63) is 51.5 Å². The molecule has 0 saturated carbocycles. The van der Waals surface area contributed by atoms with Crippen LogP contribution in [-0.2, 0) is 22.7 Å². The Morgan fingerprint density at radius 3 is 2.50 bits per heavy atom. The molecule has 0 atom stereocenters. The maximum absolute atomic E-state index is 13.2. The molecule has 0 bridgehead atoms. The van der Waals surface area contributed by atoms with Crippen LogP contribution in [0.4, 0.5) is 17.6 Å². The highest BCUT2D eigenvalue weighted by Crippen LogP contribution is 2.33. The summed E-state index contributed by atoms with van der Waals surface area (Å²) in [5, 5.41) is 3.74. The second-order valence-electron chi connectivity index (χ2n) is 6.21. The van der Waals surface area contributed by atoms with Gasteiger partial charge in [-0.05, 0) is 42.0 Å². The van der Waals surface area contributed by atoms with E-state index in [4.69, 9.17) is 0 Å². The fourth-order valence-electron chi connectivity index (χ4n) is 2.96. The molecule has 1 aromatic heterocycles. The summed E-state index contributed by atoms with van der Waals surface area (Å²) in [5.74, 6) is -1.84. The van der Waals surface area contributed by atoms with Crippen LogP contribution in [0.25, 0.3) is 0 Å². The fraction of sp³-hybridized carbons (Fsp3) is 0.353. The van der Waals surface area contributed by atoms with Crippen LogP contribution in [0.3, 0.4) is 0 Å². The van der Waals surface area contributed by atoms with Gasteiger partial charge in [0.2, 0.25) is 10.0 Å². The molecule has 28 heavy (non-hydrogen) atoms. The Morgan fingerprint density at radius 2 is 1.86 bits per heavy atom. The zero-order valence-electron chi connectivity index (χ0n) is 14.4. The Bertz CT molecular complexity index is 981. The number of carbonyl (C=O) groups is 1. The zero-order valence-corrected chi connectivity index (χ0v) is 16.1. The number of nitrogens with one attached hydrogen (secondary N) is 1. The summed E-state index contributed by atoms with van der Waals surface area (Å²) in [5.41, 5.74) is -1.51. The Labute approximate surface area is 163 Å². The number of alkyl halides is 3. The number of nitrogens with zero attached hydrogens (tertiary/aromatic N) is 1. The Kier molecular flexibility index (Phi) is 5.78. The van der Waals surface area contributed by atoms with E-state index < -0.39 is 40.0 Å². The lowest BCUT2D eigenvalue weighted by Gasteiger charge is -2.16. The van der Waals surface area contributed by atoms with Crippen LogP contribution in [0.15, 0.2) is 34.5 Å². The molecule has 2 heterocycles. The highest BCUT2D eigenvalue weighted by molar-refractivity contribution is 7.89. The van der Waals surface area contributed by atoms with Gasteiger partial charge in [0.05, 0.1) is 5.56 Å². The molecule has 0 spiro atoms. The Hall–Kier alpha value is -1.98. The number of rotatable bonds is 5. The molecule has 1 N–H and O–H groups in total. The molecule has 1 amide bonds. The van der Waals surface area contributed by atoms with Crippen LogP contribution < -0.4 is 5.32 Å². The van der Waals surface area contributed by atoms with Crippen molar-refractivity contribution in [2.24, 2.45) is 0 Å². The van der Waals surface area contributed by atoms with Crippen LogP contribution in [0, 0.1) is 5.82 Å². The molecule has 1 aliphatic heterocycles. The Morgan fingerprint density at radius 1 is 1.18 bits per heavy atom. The summed E-state index contributed by atoms with van der Waals surface area (Å²) in [6, 6.07) is 3.47. The van der Waals surface area contributed by atoms with Crippen molar-refractivity contribution in [1.29, 1.82) is 0 Å². The zero-order chi connectivity index (χ0) is 20.5. The van der Waals surface area contributed by atoms with Crippen LogP contribution >= 0.6 is 11.3 Å². The van der Waals surface area contributed by atoms with Crippen molar-refractivity contribution in [1.82, 2.24) is 9.62 Å². The van der Waals surface area contributed by atoms with Crippen LogP contribution in [0.5, 0.6) is 0 Å². The predicted molar refractivity (Wildman–Crippen MR) is 94.9 cm³/mol. The van der Waals surface area contributed by atoms with E-state index in [0.29, 0.717) is 19.2 Å². The van der Waals surface area contributed by atoms with Gasteiger partial charge in [0.1, 0.15) is 15.6 Å². The maximum Gasteiger partial charge on any atom is 0.416 e. The lowest BCUT2D eigenvalue weighted by molar-refractivity contribution is -0.138. The predicted octanol–water partition coefficient (Wildman–Crippen LogP) is 3.62. The van der Waals surface area contributed by atoms with Crippen molar-refractivity contribution in [2.45, 2.75) is 30.5 Å². The third-order valence-corrected chi connectivity index (χ3v) is 7.32. The quantitative estimate of drug-likeness (QED) is 0.728. The van der Waals surface area contributed by atoms with Crippen molar-refractivity contribution < 1.29 is 30.8 Å². The minimum absolute atomic E-state index is 0.0948. The van der Waals surface area contributed by atoms with Gasteiger partial charge in [0.15, 0.2) is 0 Å². The van der Waals surface area contributed by atoms with Gasteiger partial charge >= 0.3 is 6.18 Å². The van der Waals surface area contributed by atoms with Crippen molar-refractivity contribution in [2.75, 3.05) is 13.1 Å². The normalized spacial score (nSPS) is 15.7. The van der Waals surface area contributed by atoms with E-state index in [0.717, 1.165) is 36.3 Å². The second-order valence-corrected chi connectivity index (χ2v) is 9.03. The largest absolute Gasteiger partial charge is 0.416 e. The molecule has 5 nitrogen and oxygen atoms in total. The minimum atomic E-state index is -4.78. The topological polar surface area (TPSA) is 66.5 Å². The summed E-state index contributed by atoms with van der Waals surface area (Å²) in [7, 11) is -3.84. The number of amides is 1. The van der Waals surface area contributed by atoms with E-state index in [1.807, 2.05) is 0 Å². The van der Waals surface area contributed by atoms with Crippen LogP contribution in [0.1, 0.15) is 33.6 Å². The first kappa shape index (κ1) is 20.7.